The van der Waals surface area contributed by atoms with Gasteiger partial charge in [-0.2, -0.15) is 0 Å². The van der Waals surface area contributed by atoms with E-state index in [0.29, 0.717) is 0 Å². The Bertz CT molecular complexity index is 1010. The van der Waals surface area contributed by atoms with Gasteiger partial charge in [0, 0.05) is 26.4 Å². The van der Waals surface area contributed by atoms with Crippen molar-refractivity contribution < 1.29 is 4.74 Å². The van der Waals surface area contributed by atoms with Crippen LogP contribution in [0, 0.1) is 6.92 Å². The maximum Gasteiger partial charge on any atom is 0.119 e. The summed E-state index contributed by atoms with van der Waals surface area (Å²) < 4.78 is 5.32. The molecular formula is C18H15N3OS. The molecule has 0 unspecified atom stereocenters. The molecule has 0 saturated heterocycles. The summed E-state index contributed by atoms with van der Waals surface area (Å²) in [6, 6.07) is 14.3. The zero-order valence-electron chi connectivity index (χ0n) is 12.8. The van der Waals surface area contributed by atoms with Crippen LogP contribution in [0.15, 0.2) is 58.6 Å². The van der Waals surface area contributed by atoms with Gasteiger partial charge in [0.2, 0.25) is 0 Å². The summed E-state index contributed by atoms with van der Waals surface area (Å²) in [5.41, 5.74) is 4.04. The fourth-order valence-electron chi connectivity index (χ4n) is 2.71. The minimum absolute atomic E-state index is 0.858. The van der Waals surface area contributed by atoms with Crippen LogP contribution in [0.4, 0.5) is 0 Å². The maximum absolute atomic E-state index is 5.32. The number of aryl methyl sites for hydroxylation is 1. The highest BCUT2D eigenvalue weighted by molar-refractivity contribution is 7.99. The molecule has 0 bridgehead atoms. The molecule has 4 rings (SSSR count). The van der Waals surface area contributed by atoms with Crippen LogP contribution in [-0.2, 0) is 0 Å². The van der Waals surface area contributed by atoms with Crippen LogP contribution in [0.5, 0.6) is 5.75 Å². The zero-order chi connectivity index (χ0) is 15.8. The van der Waals surface area contributed by atoms with E-state index in [0.717, 1.165) is 43.2 Å². The molecule has 114 valence electrons. The van der Waals surface area contributed by atoms with Crippen molar-refractivity contribution in [2.45, 2.75) is 16.7 Å². The quantitative estimate of drug-likeness (QED) is 0.600. The molecule has 0 saturated carbocycles. The molecule has 23 heavy (non-hydrogen) atoms. The van der Waals surface area contributed by atoms with Gasteiger partial charge < -0.3 is 9.72 Å². The highest BCUT2D eigenvalue weighted by atomic mass is 32.2. The number of fused-ring (bicyclic) bond motifs is 3. The highest BCUT2D eigenvalue weighted by Gasteiger charge is 2.11. The maximum atomic E-state index is 5.32. The third-order valence-corrected chi connectivity index (χ3v) is 4.77. The van der Waals surface area contributed by atoms with Crippen LogP contribution in [0.1, 0.15) is 5.69 Å². The molecule has 0 fully saturated rings. The summed E-state index contributed by atoms with van der Waals surface area (Å²) in [5.74, 6) is 0.858. The smallest absolute Gasteiger partial charge is 0.119 e. The molecule has 1 N–H and O–H groups in total. The first-order valence-corrected chi connectivity index (χ1v) is 8.11. The van der Waals surface area contributed by atoms with Gasteiger partial charge in [0.25, 0.3) is 0 Å². The summed E-state index contributed by atoms with van der Waals surface area (Å²) >= 11 is 1.71. The van der Waals surface area contributed by atoms with E-state index in [2.05, 4.69) is 40.1 Å². The number of H-pyrrole nitrogens is 1. The first-order chi connectivity index (χ1) is 11.2. The van der Waals surface area contributed by atoms with E-state index >= 15 is 0 Å². The third kappa shape index (κ3) is 2.53. The standard InChI is InChI=1S/C18H15N3OS/c1-11-8-16(23-13-5-3-4-12(9-13)22-2)17-14(21-11)6-7-15-18(17)20-10-19-15/h3-10,21H,1-2H3. The van der Waals surface area contributed by atoms with E-state index in [-0.39, 0.29) is 0 Å². The SMILES string of the molecule is COc1cccc(Sc2cc(C)[nH]c3ccc4ncnc4c23)c1. The predicted octanol–water partition coefficient (Wildman–Crippen LogP) is 4.58. The number of imidazole rings is 1. The number of hydrogen-bond donors (Lipinski definition) is 1. The van der Waals surface area contributed by atoms with Crippen LogP contribution in [0.2, 0.25) is 0 Å². The summed E-state index contributed by atoms with van der Waals surface area (Å²) in [4.78, 5) is 14.5. The molecule has 0 aliphatic rings. The van der Waals surface area contributed by atoms with Crippen LogP contribution < -0.4 is 4.74 Å². The Morgan fingerprint density at radius 3 is 2.87 bits per heavy atom. The second kappa shape index (κ2) is 5.59. The molecular weight excluding hydrogens is 306 g/mol. The average molecular weight is 321 g/mol. The van der Waals surface area contributed by atoms with Crippen molar-refractivity contribution in [3.05, 3.63) is 54.5 Å². The van der Waals surface area contributed by atoms with E-state index in [1.807, 2.05) is 24.3 Å². The molecule has 4 nitrogen and oxygen atoms in total. The van der Waals surface area contributed by atoms with E-state index in [9.17, 15) is 0 Å². The van der Waals surface area contributed by atoms with Gasteiger partial charge in [0.15, 0.2) is 0 Å². The first kappa shape index (κ1) is 14.1. The second-order valence-electron chi connectivity index (χ2n) is 5.33. The molecule has 5 heteroatoms. The first-order valence-electron chi connectivity index (χ1n) is 7.29. The summed E-state index contributed by atoms with van der Waals surface area (Å²) in [6.45, 7) is 2.07. The average Bonchev–Trinajstić information content (AvgIpc) is 3.03. The van der Waals surface area contributed by atoms with Crippen LogP contribution in [0.3, 0.4) is 0 Å². The second-order valence-corrected chi connectivity index (χ2v) is 6.44. The fourth-order valence-corrected chi connectivity index (χ4v) is 3.83. The van der Waals surface area contributed by atoms with Crippen molar-refractivity contribution >= 4 is 33.7 Å². The predicted molar refractivity (Wildman–Crippen MR) is 93.2 cm³/mol. The lowest BCUT2D eigenvalue weighted by molar-refractivity contribution is 0.413. The molecule has 0 aliphatic heterocycles. The summed E-state index contributed by atoms with van der Waals surface area (Å²) in [5, 5.41) is 1.11. The van der Waals surface area contributed by atoms with E-state index in [1.54, 1.807) is 25.2 Å². The normalized spacial score (nSPS) is 11.2. The fraction of sp³-hybridized carbons (Fsp3) is 0.111. The lowest BCUT2D eigenvalue weighted by atomic mass is 10.1. The van der Waals surface area contributed by atoms with Crippen LogP contribution in [-0.4, -0.2) is 22.1 Å². The summed E-state index contributed by atoms with van der Waals surface area (Å²) in [6.07, 6.45) is 1.62. The number of pyridine rings is 1. The van der Waals surface area contributed by atoms with Crippen molar-refractivity contribution in [3.8, 4) is 5.75 Å². The number of rotatable bonds is 3. The number of hydrogen-bond acceptors (Lipinski definition) is 4. The van der Waals surface area contributed by atoms with Crippen molar-refractivity contribution in [1.29, 1.82) is 0 Å². The number of nitrogens with zero attached hydrogens (tertiary/aromatic N) is 2. The topological polar surface area (TPSA) is 50.8 Å². The zero-order valence-corrected chi connectivity index (χ0v) is 13.6. The summed E-state index contributed by atoms with van der Waals surface area (Å²) in [7, 11) is 1.68. The lowest BCUT2D eigenvalue weighted by Gasteiger charge is -2.10. The van der Waals surface area contributed by atoms with Gasteiger partial charge in [-0.3, -0.25) is 0 Å². The van der Waals surface area contributed by atoms with Crippen molar-refractivity contribution in [2.24, 2.45) is 0 Å². The molecule has 0 aliphatic carbocycles. The molecule has 4 aromatic rings. The highest BCUT2D eigenvalue weighted by Crippen LogP contribution is 2.37. The number of methoxy groups -OCH3 is 1. The Morgan fingerprint density at radius 2 is 2.00 bits per heavy atom. The minimum atomic E-state index is 0.858. The third-order valence-electron chi connectivity index (χ3n) is 3.74. The number of aromatic amines is 1. The Morgan fingerprint density at radius 1 is 1.09 bits per heavy atom. The van der Waals surface area contributed by atoms with Crippen molar-refractivity contribution in [2.75, 3.05) is 7.11 Å². The molecule has 0 atom stereocenters. The van der Waals surface area contributed by atoms with Crippen molar-refractivity contribution in [3.63, 3.8) is 0 Å². The van der Waals surface area contributed by atoms with Crippen LogP contribution in [0.25, 0.3) is 21.9 Å². The van der Waals surface area contributed by atoms with E-state index in [1.165, 1.54) is 0 Å². The lowest BCUT2D eigenvalue weighted by Crippen LogP contribution is -1.89. The number of ether oxygens (including phenoxy) is 1. The molecule has 2 aromatic carbocycles. The molecule has 0 radical (unpaired) electrons. The van der Waals surface area contributed by atoms with Crippen LogP contribution >= 0.6 is 11.8 Å². The van der Waals surface area contributed by atoms with Gasteiger partial charge in [-0.05, 0) is 43.3 Å². The van der Waals surface area contributed by atoms with Gasteiger partial charge in [0.05, 0.1) is 12.6 Å². The van der Waals surface area contributed by atoms with Gasteiger partial charge in [-0.1, -0.05) is 17.8 Å². The van der Waals surface area contributed by atoms with Crippen molar-refractivity contribution in [1.82, 2.24) is 15.0 Å². The number of nitrogens with one attached hydrogen (secondary N) is 1. The van der Waals surface area contributed by atoms with Gasteiger partial charge in [-0.25, -0.2) is 9.97 Å². The Hall–Kier alpha value is -2.53. The van der Waals surface area contributed by atoms with E-state index in [4.69, 9.17) is 4.74 Å². The Balaban J connectivity index is 1.92. The molecule has 2 aromatic heterocycles. The van der Waals surface area contributed by atoms with Gasteiger partial charge in [-0.15, -0.1) is 0 Å². The van der Waals surface area contributed by atoms with E-state index < -0.39 is 0 Å². The molecule has 2 heterocycles. The Kier molecular flexibility index (Phi) is 3.42. The molecule has 0 spiro atoms. The Labute approximate surface area is 137 Å². The number of aromatic nitrogens is 3. The monoisotopic (exact) mass is 321 g/mol. The largest absolute Gasteiger partial charge is 0.497 e. The van der Waals surface area contributed by atoms with Gasteiger partial charge >= 0.3 is 0 Å². The minimum Gasteiger partial charge on any atom is -0.497 e. The van der Waals surface area contributed by atoms with Gasteiger partial charge in [0.1, 0.15) is 17.6 Å². The number of benzene rings is 2. The molecule has 0 amide bonds.